The third-order valence-corrected chi connectivity index (χ3v) is 5.87. The lowest BCUT2D eigenvalue weighted by atomic mass is 10.1. The molecule has 0 aliphatic heterocycles. The molecule has 0 saturated heterocycles. The van der Waals surface area contributed by atoms with Crippen LogP contribution in [0.25, 0.3) is 0 Å². The minimum atomic E-state index is -0.551. The third kappa shape index (κ3) is 6.27. The second kappa shape index (κ2) is 10.2. The number of ketones is 1. The van der Waals surface area contributed by atoms with Crippen LogP contribution in [0.3, 0.4) is 0 Å². The van der Waals surface area contributed by atoms with E-state index in [0.717, 1.165) is 21.3 Å². The van der Waals surface area contributed by atoms with Gasteiger partial charge in [0.2, 0.25) is 5.91 Å². The molecule has 0 saturated carbocycles. The first-order valence-corrected chi connectivity index (χ1v) is 11.0. The number of nitrogens with zero attached hydrogens (tertiary/aromatic N) is 1. The van der Waals surface area contributed by atoms with Crippen LogP contribution in [-0.4, -0.2) is 29.3 Å². The molecule has 0 radical (unpaired) electrons. The van der Waals surface area contributed by atoms with Crippen LogP contribution in [0.5, 0.6) is 0 Å². The lowest BCUT2D eigenvalue weighted by Crippen LogP contribution is -2.14. The van der Waals surface area contributed by atoms with Crippen molar-refractivity contribution in [1.29, 1.82) is 0 Å². The summed E-state index contributed by atoms with van der Waals surface area (Å²) < 4.78 is 5.14. The molecule has 0 unspecified atom stereocenters. The molecule has 30 heavy (non-hydrogen) atoms. The Kier molecular flexibility index (Phi) is 7.37. The van der Waals surface area contributed by atoms with Gasteiger partial charge in [0.15, 0.2) is 12.4 Å². The Balaban J connectivity index is 1.49. The molecule has 3 aromatic rings. The van der Waals surface area contributed by atoms with Gasteiger partial charge in [-0.3, -0.25) is 9.59 Å². The summed E-state index contributed by atoms with van der Waals surface area (Å²) in [5.41, 5.74) is 2.42. The highest BCUT2D eigenvalue weighted by Gasteiger charge is 2.12. The fourth-order valence-electron chi connectivity index (χ4n) is 2.56. The maximum Gasteiger partial charge on any atom is 0.338 e. The van der Waals surface area contributed by atoms with Gasteiger partial charge in [-0.1, -0.05) is 0 Å². The zero-order valence-electron chi connectivity index (χ0n) is 16.5. The van der Waals surface area contributed by atoms with Gasteiger partial charge in [0, 0.05) is 34.2 Å². The fourth-order valence-corrected chi connectivity index (χ4v) is 4.07. The van der Waals surface area contributed by atoms with E-state index >= 15 is 0 Å². The number of benzene rings is 2. The van der Waals surface area contributed by atoms with Gasteiger partial charge >= 0.3 is 5.97 Å². The summed E-state index contributed by atoms with van der Waals surface area (Å²) in [6.07, 6.45) is 0. The normalized spacial score (nSPS) is 10.5. The summed E-state index contributed by atoms with van der Waals surface area (Å²) in [6, 6.07) is 13.5. The summed E-state index contributed by atoms with van der Waals surface area (Å²) in [7, 11) is 0. The molecule has 0 aliphatic carbocycles. The summed E-state index contributed by atoms with van der Waals surface area (Å²) in [4.78, 5) is 40.9. The number of hydrogen-bond donors (Lipinski definition) is 1. The van der Waals surface area contributed by atoms with E-state index in [-0.39, 0.29) is 18.3 Å². The largest absolute Gasteiger partial charge is 0.454 e. The second-order valence-corrected chi connectivity index (χ2v) is 8.54. The molecule has 1 aromatic heterocycles. The Morgan fingerprint density at radius 1 is 1.03 bits per heavy atom. The van der Waals surface area contributed by atoms with Crippen molar-refractivity contribution in [3.63, 3.8) is 0 Å². The molecule has 1 heterocycles. The molecular weight excluding hydrogens is 420 g/mol. The first-order chi connectivity index (χ1) is 14.4. The number of amides is 1. The van der Waals surface area contributed by atoms with Gasteiger partial charge < -0.3 is 10.1 Å². The number of ether oxygens (including phenoxy) is 1. The lowest BCUT2D eigenvalue weighted by molar-refractivity contribution is -0.114. The molecule has 2 aromatic carbocycles. The highest BCUT2D eigenvalue weighted by Crippen LogP contribution is 2.24. The van der Waals surface area contributed by atoms with Crippen molar-refractivity contribution < 1.29 is 19.1 Å². The molecule has 0 aliphatic rings. The van der Waals surface area contributed by atoms with Gasteiger partial charge in [-0.05, 0) is 55.5 Å². The van der Waals surface area contributed by atoms with Crippen LogP contribution in [0.1, 0.15) is 38.3 Å². The van der Waals surface area contributed by atoms with Gasteiger partial charge in [-0.15, -0.1) is 23.1 Å². The number of aromatic nitrogens is 1. The van der Waals surface area contributed by atoms with Crippen LogP contribution in [0.2, 0.25) is 0 Å². The predicted octanol–water partition coefficient (Wildman–Crippen LogP) is 4.74. The second-order valence-electron chi connectivity index (χ2n) is 6.43. The number of thiazole rings is 1. The Morgan fingerprint density at radius 3 is 2.30 bits per heavy atom. The Morgan fingerprint density at radius 2 is 1.70 bits per heavy atom. The summed E-state index contributed by atoms with van der Waals surface area (Å²) in [5.74, 6) is -0.289. The van der Waals surface area contributed by atoms with Crippen molar-refractivity contribution >= 4 is 46.4 Å². The molecule has 1 N–H and O–H groups in total. The van der Waals surface area contributed by atoms with Crippen molar-refractivity contribution in [2.24, 2.45) is 0 Å². The summed E-state index contributed by atoms with van der Waals surface area (Å²) in [6.45, 7) is 3.04. The van der Waals surface area contributed by atoms with E-state index in [4.69, 9.17) is 4.74 Å². The fraction of sp³-hybridized carbons (Fsp3) is 0.182. The molecule has 0 fully saturated rings. The smallest absolute Gasteiger partial charge is 0.338 e. The zero-order chi connectivity index (χ0) is 21.5. The maximum atomic E-state index is 12.2. The average Bonchev–Trinajstić information content (AvgIpc) is 3.16. The van der Waals surface area contributed by atoms with Crippen LogP contribution >= 0.6 is 23.1 Å². The quantitative estimate of drug-likeness (QED) is 0.309. The monoisotopic (exact) mass is 440 g/mol. The van der Waals surface area contributed by atoms with Crippen molar-refractivity contribution in [3.8, 4) is 0 Å². The maximum absolute atomic E-state index is 12.2. The summed E-state index contributed by atoms with van der Waals surface area (Å²) >= 11 is 3.26. The molecule has 1 amide bonds. The highest BCUT2D eigenvalue weighted by molar-refractivity contribution is 7.98. The van der Waals surface area contributed by atoms with Gasteiger partial charge in [-0.25, -0.2) is 9.78 Å². The third-order valence-electron chi connectivity index (χ3n) is 4.00. The minimum Gasteiger partial charge on any atom is -0.454 e. The standard InChI is InChI=1S/C22H20N2O4S2/c1-14(25)23-18-7-3-16(4-8-18)21(26)11-28-22(27)17-5-9-20(10-6-17)30-13-19-12-29-15(2)24-19/h3-10,12H,11,13H2,1-2H3,(H,23,25). The molecule has 8 heteroatoms. The Labute approximate surface area is 182 Å². The van der Waals surface area contributed by atoms with E-state index in [1.807, 2.05) is 24.4 Å². The number of thioether (sulfide) groups is 1. The van der Waals surface area contributed by atoms with Gasteiger partial charge in [0.05, 0.1) is 16.3 Å². The minimum absolute atomic E-state index is 0.189. The first-order valence-electron chi connectivity index (χ1n) is 9.12. The number of carbonyl (C=O) groups excluding carboxylic acids is 3. The number of carbonyl (C=O) groups is 3. The zero-order valence-corrected chi connectivity index (χ0v) is 18.1. The first kappa shape index (κ1) is 21.7. The van der Waals surface area contributed by atoms with E-state index < -0.39 is 5.97 Å². The number of esters is 1. The molecule has 0 bridgehead atoms. The van der Waals surface area contributed by atoms with Gasteiger partial charge in [0.1, 0.15) is 0 Å². The van der Waals surface area contributed by atoms with Gasteiger partial charge in [-0.2, -0.15) is 0 Å². The highest BCUT2D eigenvalue weighted by atomic mass is 32.2. The van der Waals surface area contributed by atoms with Gasteiger partial charge in [0.25, 0.3) is 0 Å². The Bertz CT molecular complexity index is 1040. The number of nitrogens with one attached hydrogen (secondary N) is 1. The molecule has 0 spiro atoms. The van der Waals surface area contributed by atoms with Crippen LogP contribution in [0.4, 0.5) is 5.69 Å². The van der Waals surface area contributed by atoms with Crippen LogP contribution in [-0.2, 0) is 15.3 Å². The molecular formula is C22H20N2O4S2. The molecule has 154 valence electrons. The van der Waals surface area contributed by atoms with E-state index in [1.54, 1.807) is 59.5 Å². The van der Waals surface area contributed by atoms with Crippen molar-refractivity contribution in [2.45, 2.75) is 24.5 Å². The van der Waals surface area contributed by atoms with E-state index in [1.165, 1.54) is 6.92 Å². The van der Waals surface area contributed by atoms with Crippen molar-refractivity contribution in [2.75, 3.05) is 11.9 Å². The van der Waals surface area contributed by atoms with E-state index in [0.29, 0.717) is 16.8 Å². The average molecular weight is 441 g/mol. The Hall–Kier alpha value is -2.97. The van der Waals surface area contributed by atoms with Crippen molar-refractivity contribution in [1.82, 2.24) is 4.98 Å². The molecule has 3 rings (SSSR count). The number of Topliss-reactive ketones (excluding diaryl/α,β-unsaturated/α-hetero) is 1. The van der Waals surface area contributed by atoms with Crippen molar-refractivity contribution in [3.05, 3.63) is 75.7 Å². The number of anilines is 1. The van der Waals surface area contributed by atoms with Crippen LogP contribution in [0, 0.1) is 6.92 Å². The molecule has 0 atom stereocenters. The van der Waals surface area contributed by atoms with E-state index in [9.17, 15) is 14.4 Å². The number of rotatable bonds is 8. The predicted molar refractivity (Wildman–Crippen MR) is 118 cm³/mol. The van der Waals surface area contributed by atoms with Crippen LogP contribution < -0.4 is 5.32 Å². The van der Waals surface area contributed by atoms with Crippen LogP contribution in [0.15, 0.2) is 58.8 Å². The van der Waals surface area contributed by atoms with E-state index in [2.05, 4.69) is 10.3 Å². The lowest BCUT2D eigenvalue weighted by Gasteiger charge is -2.07. The topological polar surface area (TPSA) is 85.4 Å². The summed E-state index contributed by atoms with van der Waals surface area (Å²) in [5, 5.41) is 5.71. The SMILES string of the molecule is CC(=O)Nc1ccc(C(=O)COC(=O)c2ccc(SCc3csc(C)n3)cc2)cc1. The molecule has 6 nitrogen and oxygen atoms in total. The number of aryl methyl sites for hydroxylation is 1. The number of hydrogen-bond acceptors (Lipinski definition) is 7.